The number of pyridine rings is 1. The molecule has 2 heterocycles. The number of hydrogen-bond donors (Lipinski definition) is 1. The number of carbonyl (C=O) groups is 1. The van der Waals surface area contributed by atoms with E-state index in [9.17, 15) is 13.6 Å². The van der Waals surface area contributed by atoms with Crippen molar-refractivity contribution in [3.8, 4) is 0 Å². The first-order valence-corrected chi connectivity index (χ1v) is 8.40. The summed E-state index contributed by atoms with van der Waals surface area (Å²) in [5.41, 5.74) is 6.58. The molecule has 0 bridgehead atoms. The van der Waals surface area contributed by atoms with Crippen LogP contribution < -0.4 is 5.73 Å². The van der Waals surface area contributed by atoms with Gasteiger partial charge in [0.2, 0.25) is 5.91 Å². The Balaban J connectivity index is 1.65. The summed E-state index contributed by atoms with van der Waals surface area (Å²) in [7, 11) is 0. The lowest BCUT2D eigenvalue weighted by Crippen LogP contribution is -2.66. The van der Waals surface area contributed by atoms with Crippen LogP contribution in [0.5, 0.6) is 0 Å². The first kappa shape index (κ1) is 17.5. The van der Waals surface area contributed by atoms with Gasteiger partial charge in [0, 0.05) is 25.0 Å². The second kappa shape index (κ2) is 7.27. The van der Waals surface area contributed by atoms with Gasteiger partial charge in [0.15, 0.2) is 11.6 Å². The molecule has 1 aliphatic rings. The number of benzene rings is 1. The van der Waals surface area contributed by atoms with E-state index in [2.05, 4.69) is 4.98 Å². The Morgan fingerprint density at radius 3 is 2.68 bits per heavy atom. The van der Waals surface area contributed by atoms with E-state index in [1.165, 1.54) is 12.1 Å². The zero-order valence-corrected chi connectivity index (χ0v) is 13.9. The highest BCUT2D eigenvalue weighted by atomic mass is 19.2. The van der Waals surface area contributed by atoms with Gasteiger partial charge < -0.3 is 5.73 Å². The number of carbonyl (C=O) groups excluding carboxylic acids is 1. The van der Waals surface area contributed by atoms with E-state index in [1.54, 1.807) is 6.20 Å². The summed E-state index contributed by atoms with van der Waals surface area (Å²) < 4.78 is 26.5. The summed E-state index contributed by atoms with van der Waals surface area (Å²) in [4.78, 5) is 18.3. The molecule has 2 aromatic rings. The lowest BCUT2D eigenvalue weighted by molar-refractivity contribution is -0.141. The normalized spacial score (nSPS) is 20.2. The third kappa shape index (κ3) is 3.69. The van der Waals surface area contributed by atoms with E-state index >= 15 is 0 Å². The van der Waals surface area contributed by atoms with Gasteiger partial charge in [0.1, 0.15) is 5.54 Å². The summed E-state index contributed by atoms with van der Waals surface area (Å²) in [6.45, 7) is 1.09. The second-order valence-electron chi connectivity index (χ2n) is 6.49. The number of aryl methyl sites for hydroxylation is 1. The Hall–Kier alpha value is -2.34. The zero-order chi connectivity index (χ0) is 17.9. The molecule has 1 atom stereocenters. The van der Waals surface area contributed by atoms with Crippen LogP contribution in [0.4, 0.5) is 8.78 Å². The summed E-state index contributed by atoms with van der Waals surface area (Å²) in [6, 6.07) is 9.58. The fourth-order valence-electron chi connectivity index (χ4n) is 3.42. The monoisotopic (exact) mass is 345 g/mol. The van der Waals surface area contributed by atoms with Gasteiger partial charge in [-0.15, -0.1) is 0 Å². The van der Waals surface area contributed by atoms with E-state index in [-0.39, 0.29) is 5.91 Å². The highest BCUT2D eigenvalue weighted by Crippen LogP contribution is 2.36. The fraction of sp³-hybridized carbons (Fsp3) is 0.368. The lowest BCUT2D eigenvalue weighted by Gasteiger charge is -2.51. The molecular formula is C19H21F2N3O. The Bertz CT molecular complexity index is 754. The number of primary amides is 1. The number of likely N-dealkylation sites (tertiary alicyclic amines) is 1. The average Bonchev–Trinajstić information content (AvgIpc) is 2.59. The van der Waals surface area contributed by atoms with Crippen molar-refractivity contribution in [2.24, 2.45) is 5.73 Å². The molecule has 0 aliphatic carbocycles. The maximum absolute atomic E-state index is 13.4. The van der Waals surface area contributed by atoms with Crippen LogP contribution in [-0.4, -0.2) is 27.9 Å². The predicted octanol–water partition coefficient (Wildman–Crippen LogP) is 2.81. The van der Waals surface area contributed by atoms with Crippen LogP contribution >= 0.6 is 0 Å². The van der Waals surface area contributed by atoms with Gasteiger partial charge in [-0.05, 0) is 55.5 Å². The second-order valence-corrected chi connectivity index (χ2v) is 6.49. The van der Waals surface area contributed by atoms with Crippen LogP contribution in [0, 0.1) is 11.6 Å². The third-order valence-electron chi connectivity index (χ3n) is 4.97. The minimum Gasteiger partial charge on any atom is -0.368 e. The van der Waals surface area contributed by atoms with Crippen molar-refractivity contribution in [2.75, 3.05) is 6.54 Å². The van der Waals surface area contributed by atoms with Gasteiger partial charge in [0.25, 0.3) is 0 Å². The molecule has 6 heteroatoms. The summed E-state index contributed by atoms with van der Waals surface area (Å²) in [6.07, 6.45) is 4.62. The van der Waals surface area contributed by atoms with Crippen LogP contribution in [0.1, 0.15) is 30.5 Å². The van der Waals surface area contributed by atoms with Crippen molar-refractivity contribution in [3.63, 3.8) is 0 Å². The topological polar surface area (TPSA) is 59.2 Å². The number of rotatable bonds is 7. The average molecular weight is 345 g/mol. The van der Waals surface area contributed by atoms with Gasteiger partial charge >= 0.3 is 0 Å². The van der Waals surface area contributed by atoms with Crippen molar-refractivity contribution >= 4 is 5.91 Å². The highest BCUT2D eigenvalue weighted by molar-refractivity contribution is 5.85. The Labute approximate surface area is 145 Å². The molecule has 1 fully saturated rings. The van der Waals surface area contributed by atoms with Gasteiger partial charge in [-0.1, -0.05) is 12.1 Å². The first-order valence-electron chi connectivity index (χ1n) is 8.40. The zero-order valence-electron chi connectivity index (χ0n) is 13.9. The van der Waals surface area contributed by atoms with Gasteiger partial charge in [-0.25, -0.2) is 8.78 Å². The minimum absolute atomic E-state index is 0.359. The number of aromatic nitrogens is 1. The molecule has 1 amide bonds. The molecule has 0 radical (unpaired) electrons. The summed E-state index contributed by atoms with van der Waals surface area (Å²) >= 11 is 0. The summed E-state index contributed by atoms with van der Waals surface area (Å²) in [5, 5.41) is 0. The third-order valence-corrected chi connectivity index (χ3v) is 4.97. The quantitative estimate of drug-likeness (QED) is 0.839. The van der Waals surface area contributed by atoms with Crippen molar-refractivity contribution < 1.29 is 13.6 Å². The van der Waals surface area contributed by atoms with E-state index in [0.717, 1.165) is 24.6 Å². The standard InChI is InChI=1S/C19H21F2N3O/c20-16-7-6-14(12-17(16)21)13-24-11-9-19(24,18(22)25)8-3-5-15-4-1-2-10-23-15/h1-2,4,6-7,10,12H,3,5,8-9,11,13H2,(H2,22,25)/t19-/m1/s1. The van der Waals surface area contributed by atoms with Crippen LogP contribution in [0.3, 0.4) is 0 Å². The molecule has 0 unspecified atom stereocenters. The molecule has 4 nitrogen and oxygen atoms in total. The Morgan fingerprint density at radius 1 is 1.24 bits per heavy atom. The van der Waals surface area contributed by atoms with Crippen molar-refractivity contribution in [2.45, 2.75) is 37.8 Å². The minimum atomic E-state index is -0.877. The number of nitrogens with two attached hydrogens (primary N) is 1. The molecule has 2 N–H and O–H groups in total. The van der Waals surface area contributed by atoms with E-state index in [4.69, 9.17) is 5.73 Å². The molecular weight excluding hydrogens is 324 g/mol. The Morgan fingerprint density at radius 2 is 2.08 bits per heavy atom. The molecule has 25 heavy (non-hydrogen) atoms. The predicted molar refractivity (Wildman–Crippen MR) is 90.5 cm³/mol. The largest absolute Gasteiger partial charge is 0.368 e. The number of hydrogen-bond acceptors (Lipinski definition) is 3. The lowest BCUT2D eigenvalue weighted by atomic mass is 9.79. The van der Waals surface area contributed by atoms with Gasteiger partial charge in [-0.3, -0.25) is 14.7 Å². The van der Waals surface area contributed by atoms with Crippen molar-refractivity contribution in [1.29, 1.82) is 0 Å². The smallest absolute Gasteiger partial charge is 0.238 e. The highest BCUT2D eigenvalue weighted by Gasteiger charge is 2.48. The number of amides is 1. The Kier molecular flexibility index (Phi) is 5.08. The maximum Gasteiger partial charge on any atom is 0.238 e. The molecule has 3 rings (SSSR count). The first-order chi connectivity index (χ1) is 12.0. The van der Waals surface area contributed by atoms with Crippen LogP contribution in [0.25, 0.3) is 0 Å². The van der Waals surface area contributed by atoms with E-state index < -0.39 is 17.2 Å². The van der Waals surface area contributed by atoms with Gasteiger partial charge in [0.05, 0.1) is 0 Å². The SMILES string of the molecule is NC(=O)[C@@]1(CCCc2ccccn2)CCN1Cc1ccc(F)c(F)c1. The van der Waals surface area contributed by atoms with Crippen molar-refractivity contribution in [3.05, 3.63) is 65.5 Å². The van der Waals surface area contributed by atoms with E-state index in [0.29, 0.717) is 31.5 Å². The molecule has 1 aromatic carbocycles. The molecule has 1 aliphatic heterocycles. The molecule has 0 saturated carbocycles. The van der Waals surface area contributed by atoms with Crippen LogP contribution in [0.2, 0.25) is 0 Å². The van der Waals surface area contributed by atoms with Crippen molar-refractivity contribution in [1.82, 2.24) is 9.88 Å². The molecule has 132 valence electrons. The molecule has 1 aromatic heterocycles. The number of nitrogens with zero attached hydrogens (tertiary/aromatic N) is 2. The fourth-order valence-corrected chi connectivity index (χ4v) is 3.42. The van der Waals surface area contributed by atoms with E-state index in [1.807, 2.05) is 23.1 Å². The molecule has 1 saturated heterocycles. The van der Waals surface area contributed by atoms with Crippen LogP contribution in [0.15, 0.2) is 42.6 Å². The molecule has 0 spiro atoms. The maximum atomic E-state index is 13.4. The van der Waals surface area contributed by atoms with Crippen LogP contribution in [-0.2, 0) is 17.8 Å². The summed E-state index contributed by atoms with van der Waals surface area (Å²) in [5.74, 6) is -2.11. The number of halogens is 2. The van der Waals surface area contributed by atoms with Gasteiger partial charge in [-0.2, -0.15) is 0 Å².